The first-order chi connectivity index (χ1) is 14.0. The Labute approximate surface area is 169 Å². The van der Waals surface area contributed by atoms with Crippen LogP contribution in [0.2, 0.25) is 0 Å². The molecule has 156 valence electrons. The lowest BCUT2D eigenvalue weighted by molar-refractivity contribution is -0.144. The molecule has 1 aliphatic heterocycles. The third-order valence-corrected chi connectivity index (χ3v) is 6.43. The number of likely N-dealkylation sites (tertiary alicyclic amines) is 1. The number of aromatic nitrogens is 2. The van der Waals surface area contributed by atoms with E-state index in [1.165, 1.54) is 18.9 Å². The molecule has 4 rings (SSSR count). The van der Waals surface area contributed by atoms with E-state index in [1.54, 1.807) is 23.2 Å². The summed E-state index contributed by atoms with van der Waals surface area (Å²) in [5.41, 5.74) is -1.03. The number of aliphatic hydroxyl groups is 1. The lowest BCUT2D eigenvalue weighted by atomic mass is 9.71. The largest absolute Gasteiger partial charge is 0.493 e. The molecule has 1 saturated heterocycles. The normalized spacial score (nSPS) is 24.2. The van der Waals surface area contributed by atoms with Gasteiger partial charge in [-0.05, 0) is 31.4 Å². The summed E-state index contributed by atoms with van der Waals surface area (Å²) < 4.78 is 11.8. The Morgan fingerprint density at radius 2 is 2.10 bits per heavy atom. The van der Waals surface area contributed by atoms with Crippen molar-refractivity contribution in [3.8, 4) is 11.5 Å². The number of fused-ring (bicyclic) bond motifs is 2. The predicted molar refractivity (Wildman–Crippen MR) is 107 cm³/mol. The third kappa shape index (κ3) is 3.46. The van der Waals surface area contributed by atoms with Crippen molar-refractivity contribution in [3.05, 3.63) is 28.7 Å². The topological polar surface area (TPSA) is 93.9 Å². The van der Waals surface area contributed by atoms with E-state index in [1.807, 2.05) is 0 Å². The fourth-order valence-corrected chi connectivity index (χ4v) is 4.72. The van der Waals surface area contributed by atoms with Crippen molar-refractivity contribution in [2.75, 3.05) is 27.3 Å². The lowest BCUT2D eigenvalue weighted by Gasteiger charge is -2.47. The van der Waals surface area contributed by atoms with Crippen LogP contribution in [0, 0.1) is 5.92 Å². The van der Waals surface area contributed by atoms with Gasteiger partial charge in [-0.15, -0.1) is 0 Å². The molecule has 1 saturated carbocycles. The third-order valence-electron chi connectivity index (χ3n) is 6.43. The summed E-state index contributed by atoms with van der Waals surface area (Å²) in [6, 6.07) is 3.46. The number of nitrogens with zero attached hydrogens (tertiary/aromatic N) is 3. The molecule has 2 aliphatic rings. The second-order valence-electron chi connectivity index (χ2n) is 8.01. The zero-order valence-corrected chi connectivity index (χ0v) is 16.9. The molecular weight excluding hydrogens is 374 g/mol. The fourth-order valence-electron chi connectivity index (χ4n) is 4.72. The summed E-state index contributed by atoms with van der Waals surface area (Å²) in [6.07, 6.45) is 6.03. The summed E-state index contributed by atoms with van der Waals surface area (Å²) in [7, 11) is 2.99. The van der Waals surface area contributed by atoms with E-state index in [-0.39, 0.29) is 18.4 Å². The summed E-state index contributed by atoms with van der Waals surface area (Å²) in [4.78, 5) is 27.7. The molecule has 0 radical (unpaired) electrons. The predicted octanol–water partition coefficient (Wildman–Crippen LogP) is 1.57. The zero-order chi connectivity index (χ0) is 20.6. The molecular formula is C21H27N3O5. The van der Waals surface area contributed by atoms with Crippen LogP contribution in [0.25, 0.3) is 10.8 Å². The maximum Gasteiger partial charge on any atom is 0.279 e. The zero-order valence-electron chi connectivity index (χ0n) is 16.9. The first-order valence-electron chi connectivity index (χ1n) is 10.1. The highest BCUT2D eigenvalue weighted by Crippen LogP contribution is 2.39. The highest BCUT2D eigenvalue weighted by atomic mass is 16.5. The van der Waals surface area contributed by atoms with Crippen LogP contribution in [0.1, 0.15) is 32.1 Å². The quantitative estimate of drug-likeness (QED) is 0.836. The summed E-state index contributed by atoms with van der Waals surface area (Å²) >= 11 is 0. The van der Waals surface area contributed by atoms with Gasteiger partial charge in [0.1, 0.15) is 6.54 Å². The highest BCUT2D eigenvalue weighted by molar-refractivity contribution is 5.89. The number of ether oxygens (including phenoxy) is 2. The minimum absolute atomic E-state index is 0.111. The molecule has 1 aromatic heterocycles. The Bertz CT molecular complexity index is 988. The van der Waals surface area contributed by atoms with E-state index in [2.05, 4.69) is 5.10 Å². The molecule has 1 N–H and O–H groups in total. The molecule has 1 aliphatic carbocycles. The van der Waals surface area contributed by atoms with Crippen molar-refractivity contribution < 1.29 is 19.4 Å². The van der Waals surface area contributed by atoms with Gasteiger partial charge >= 0.3 is 0 Å². The number of hydrogen-bond acceptors (Lipinski definition) is 6. The maximum absolute atomic E-state index is 13.0. The molecule has 0 unspecified atom stereocenters. The van der Waals surface area contributed by atoms with Gasteiger partial charge < -0.3 is 19.5 Å². The first-order valence-corrected chi connectivity index (χ1v) is 10.1. The molecule has 2 atom stereocenters. The molecule has 8 heteroatoms. The van der Waals surface area contributed by atoms with Crippen molar-refractivity contribution in [1.82, 2.24) is 14.7 Å². The molecule has 8 nitrogen and oxygen atoms in total. The van der Waals surface area contributed by atoms with Gasteiger partial charge in [0.2, 0.25) is 5.91 Å². The van der Waals surface area contributed by atoms with Gasteiger partial charge in [0.05, 0.1) is 31.4 Å². The number of amides is 1. The molecule has 2 aromatic rings. The maximum atomic E-state index is 13.0. The van der Waals surface area contributed by atoms with Gasteiger partial charge in [-0.25, -0.2) is 4.68 Å². The second-order valence-corrected chi connectivity index (χ2v) is 8.01. The van der Waals surface area contributed by atoms with Gasteiger partial charge in [-0.1, -0.05) is 12.8 Å². The van der Waals surface area contributed by atoms with Crippen LogP contribution in [0.4, 0.5) is 0 Å². The Hall–Kier alpha value is -2.61. The second kappa shape index (κ2) is 7.67. The van der Waals surface area contributed by atoms with E-state index in [4.69, 9.17) is 9.47 Å². The van der Waals surface area contributed by atoms with E-state index >= 15 is 0 Å². The Kier molecular flexibility index (Phi) is 5.21. The Balaban J connectivity index is 1.59. The number of rotatable bonds is 4. The molecule has 29 heavy (non-hydrogen) atoms. The average molecular weight is 401 g/mol. The van der Waals surface area contributed by atoms with E-state index < -0.39 is 11.2 Å². The first kappa shape index (κ1) is 19.7. The van der Waals surface area contributed by atoms with Crippen LogP contribution in [0.15, 0.2) is 23.1 Å². The molecule has 2 heterocycles. The Morgan fingerprint density at radius 3 is 2.86 bits per heavy atom. The van der Waals surface area contributed by atoms with E-state index in [0.717, 1.165) is 25.7 Å². The van der Waals surface area contributed by atoms with Crippen LogP contribution in [0.3, 0.4) is 0 Å². The number of benzene rings is 1. The fraction of sp³-hybridized carbons (Fsp3) is 0.571. The van der Waals surface area contributed by atoms with Crippen molar-refractivity contribution in [2.24, 2.45) is 5.92 Å². The number of carbonyl (C=O) groups is 1. The molecule has 2 fully saturated rings. The minimum atomic E-state index is -0.642. The highest BCUT2D eigenvalue weighted by Gasteiger charge is 2.43. The molecule has 1 aromatic carbocycles. The van der Waals surface area contributed by atoms with Crippen LogP contribution in [-0.4, -0.2) is 58.6 Å². The minimum Gasteiger partial charge on any atom is -0.493 e. The van der Waals surface area contributed by atoms with Gasteiger partial charge in [0.15, 0.2) is 11.5 Å². The number of carbonyl (C=O) groups excluding carboxylic acids is 1. The standard InChI is InChI=1S/C21H27N3O5/c1-28-16-7-6-14-11-22-24(20(26)18(14)19(16)29-2)13-17(25)23-10-9-21(27)8-4-3-5-15(21)12-23/h6-7,11,15,27H,3-5,8-10,12-13H2,1-2H3/t15-,21+/m0/s1. The van der Waals surface area contributed by atoms with Crippen LogP contribution in [-0.2, 0) is 11.3 Å². The van der Waals surface area contributed by atoms with Gasteiger partial charge in [0, 0.05) is 24.4 Å². The summed E-state index contributed by atoms with van der Waals surface area (Å²) in [5.74, 6) is 0.741. The van der Waals surface area contributed by atoms with Gasteiger partial charge in [-0.3, -0.25) is 9.59 Å². The number of hydrogen-bond donors (Lipinski definition) is 1. The van der Waals surface area contributed by atoms with Crippen LogP contribution >= 0.6 is 0 Å². The smallest absolute Gasteiger partial charge is 0.279 e. The van der Waals surface area contributed by atoms with Crippen molar-refractivity contribution in [1.29, 1.82) is 0 Å². The summed E-state index contributed by atoms with van der Waals surface area (Å²) in [6.45, 7) is 0.903. The molecule has 0 spiro atoms. The SMILES string of the molecule is COc1ccc2cnn(CC(=O)N3CC[C@]4(O)CCCC[C@H]4C3)c(=O)c2c1OC. The summed E-state index contributed by atoms with van der Waals surface area (Å²) in [5, 5.41) is 16.0. The van der Waals surface area contributed by atoms with E-state index in [9.17, 15) is 14.7 Å². The lowest BCUT2D eigenvalue weighted by Crippen LogP contribution is -2.55. The van der Waals surface area contributed by atoms with Crippen molar-refractivity contribution in [3.63, 3.8) is 0 Å². The number of methoxy groups -OCH3 is 2. The van der Waals surface area contributed by atoms with Crippen molar-refractivity contribution in [2.45, 2.75) is 44.2 Å². The van der Waals surface area contributed by atoms with Crippen LogP contribution in [0.5, 0.6) is 11.5 Å². The Morgan fingerprint density at radius 1 is 1.28 bits per heavy atom. The average Bonchev–Trinajstić information content (AvgIpc) is 2.74. The molecule has 0 bridgehead atoms. The number of piperidine rings is 1. The molecule has 1 amide bonds. The van der Waals surface area contributed by atoms with Gasteiger partial charge in [-0.2, -0.15) is 5.10 Å². The van der Waals surface area contributed by atoms with E-state index in [0.29, 0.717) is 41.8 Å². The van der Waals surface area contributed by atoms with Crippen molar-refractivity contribution >= 4 is 16.7 Å². The van der Waals surface area contributed by atoms with Crippen LogP contribution < -0.4 is 15.0 Å². The van der Waals surface area contributed by atoms with Gasteiger partial charge in [0.25, 0.3) is 5.56 Å². The monoisotopic (exact) mass is 401 g/mol.